The molecule has 0 N–H and O–H groups in total. The lowest BCUT2D eigenvalue weighted by atomic mass is 9.95. The number of alkyl halides is 3. The van der Waals surface area contributed by atoms with E-state index in [9.17, 15) is 18.0 Å². The van der Waals surface area contributed by atoms with Crippen LogP contribution in [0.5, 0.6) is 0 Å². The van der Waals surface area contributed by atoms with Crippen molar-refractivity contribution in [3.05, 3.63) is 47.0 Å². The maximum atomic E-state index is 12.4. The molecular formula is C14H8F3N3O. The van der Waals surface area contributed by atoms with E-state index in [1.165, 1.54) is 6.07 Å². The Morgan fingerprint density at radius 3 is 2.33 bits per heavy atom. The number of hydrogen-bond donors (Lipinski definition) is 0. The van der Waals surface area contributed by atoms with Gasteiger partial charge in [0.1, 0.15) is 0 Å². The summed E-state index contributed by atoms with van der Waals surface area (Å²) in [7, 11) is 0. The summed E-state index contributed by atoms with van der Waals surface area (Å²) in [5.41, 5.74) is 1.78. The molecule has 1 aromatic carbocycles. The normalized spacial score (nSPS) is 11.0. The topological polar surface area (TPSA) is 66.6 Å². The number of carbonyl (C=O) groups is 1. The van der Waals surface area contributed by atoms with E-state index in [-0.39, 0.29) is 11.1 Å². The van der Waals surface area contributed by atoms with Crippen LogP contribution in [-0.4, -0.2) is 16.3 Å². The molecule has 0 spiro atoms. The van der Waals surface area contributed by atoms with Crippen molar-refractivity contribution in [1.29, 1.82) is 5.26 Å². The Labute approximate surface area is 117 Å². The lowest BCUT2D eigenvalue weighted by Gasteiger charge is -2.10. The average Bonchev–Trinajstić information content (AvgIpc) is 2.45. The quantitative estimate of drug-likeness (QED) is 0.797. The Balaban J connectivity index is 2.57. The first-order chi connectivity index (χ1) is 9.86. The molecule has 21 heavy (non-hydrogen) atoms. The molecule has 106 valence electrons. The Bertz CT molecular complexity index is 731. The molecule has 7 heteroatoms. The van der Waals surface area contributed by atoms with Crippen molar-refractivity contribution < 1.29 is 18.0 Å². The predicted octanol–water partition coefficient (Wildman–Crippen LogP) is 3.16. The summed E-state index contributed by atoms with van der Waals surface area (Å²) in [6, 6.07) is 4.82. The molecule has 0 bridgehead atoms. The number of aromatic nitrogens is 2. The van der Waals surface area contributed by atoms with Crippen LogP contribution in [0.15, 0.2) is 24.5 Å². The molecule has 1 aromatic heterocycles. The molecule has 0 saturated heterocycles. The summed E-state index contributed by atoms with van der Waals surface area (Å²) < 4.78 is 37.3. The van der Waals surface area contributed by atoms with Gasteiger partial charge in [-0.2, -0.15) is 18.4 Å². The van der Waals surface area contributed by atoms with Gasteiger partial charge in [0.2, 0.25) is 5.82 Å². The van der Waals surface area contributed by atoms with E-state index in [1.54, 1.807) is 13.0 Å². The number of aryl methyl sites for hydroxylation is 1. The van der Waals surface area contributed by atoms with Gasteiger partial charge in [-0.3, -0.25) is 4.79 Å². The second kappa shape index (κ2) is 5.32. The van der Waals surface area contributed by atoms with Crippen LogP contribution in [-0.2, 0) is 6.18 Å². The van der Waals surface area contributed by atoms with E-state index in [0.717, 1.165) is 12.4 Å². The Kier molecular flexibility index (Phi) is 3.72. The summed E-state index contributed by atoms with van der Waals surface area (Å²) in [5, 5.41) is 8.85. The van der Waals surface area contributed by atoms with Crippen molar-refractivity contribution in [3.63, 3.8) is 0 Å². The fourth-order valence-electron chi connectivity index (χ4n) is 1.97. The summed E-state index contributed by atoms with van der Waals surface area (Å²) >= 11 is 0. The SMILES string of the molecule is Cc1cc(C#N)cc(C=O)c1-c1cnc(C(F)(F)F)nc1. The predicted molar refractivity (Wildman–Crippen MR) is 67.3 cm³/mol. The molecule has 1 heterocycles. The van der Waals surface area contributed by atoms with Gasteiger partial charge in [0, 0.05) is 23.5 Å². The van der Waals surface area contributed by atoms with Crippen LogP contribution in [0, 0.1) is 18.3 Å². The summed E-state index contributed by atoms with van der Waals surface area (Å²) in [4.78, 5) is 17.7. The van der Waals surface area contributed by atoms with Crippen LogP contribution in [0.4, 0.5) is 13.2 Å². The van der Waals surface area contributed by atoms with Crippen LogP contribution in [0.25, 0.3) is 11.1 Å². The summed E-state index contributed by atoms with van der Waals surface area (Å²) in [6.45, 7) is 1.65. The second-order valence-electron chi connectivity index (χ2n) is 4.28. The highest BCUT2D eigenvalue weighted by atomic mass is 19.4. The zero-order valence-corrected chi connectivity index (χ0v) is 10.8. The Morgan fingerprint density at radius 2 is 1.86 bits per heavy atom. The molecule has 2 rings (SSSR count). The van der Waals surface area contributed by atoms with Gasteiger partial charge >= 0.3 is 6.18 Å². The number of carbonyl (C=O) groups excluding carboxylic acids is 1. The minimum atomic E-state index is -4.62. The molecule has 2 aromatic rings. The van der Waals surface area contributed by atoms with Crippen LogP contribution in [0.3, 0.4) is 0 Å². The maximum Gasteiger partial charge on any atom is 0.451 e. The van der Waals surface area contributed by atoms with Crippen LogP contribution in [0.2, 0.25) is 0 Å². The highest BCUT2D eigenvalue weighted by Gasteiger charge is 2.34. The smallest absolute Gasteiger partial charge is 0.298 e. The molecule has 0 aliphatic carbocycles. The van der Waals surface area contributed by atoms with Gasteiger partial charge in [-0.05, 0) is 30.2 Å². The molecule has 0 amide bonds. The number of halogens is 3. The molecule has 0 atom stereocenters. The van der Waals surface area contributed by atoms with E-state index >= 15 is 0 Å². The van der Waals surface area contributed by atoms with E-state index in [2.05, 4.69) is 9.97 Å². The molecule has 4 nitrogen and oxygen atoms in total. The minimum absolute atomic E-state index is 0.204. The van der Waals surface area contributed by atoms with Crippen molar-refractivity contribution >= 4 is 6.29 Å². The van der Waals surface area contributed by atoms with Crippen molar-refractivity contribution in [2.45, 2.75) is 13.1 Å². The van der Waals surface area contributed by atoms with Gasteiger partial charge < -0.3 is 0 Å². The van der Waals surface area contributed by atoms with Crippen molar-refractivity contribution in [2.24, 2.45) is 0 Å². The van der Waals surface area contributed by atoms with Crippen molar-refractivity contribution in [1.82, 2.24) is 9.97 Å². The summed E-state index contributed by atoms with van der Waals surface area (Å²) in [6.07, 6.45) is -2.05. The first-order valence-electron chi connectivity index (χ1n) is 5.76. The Morgan fingerprint density at radius 1 is 1.24 bits per heavy atom. The van der Waals surface area contributed by atoms with E-state index in [0.29, 0.717) is 23.0 Å². The number of nitriles is 1. The highest BCUT2D eigenvalue weighted by molar-refractivity contribution is 5.89. The van der Waals surface area contributed by atoms with Crippen molar-refractivity contribution in [2.75, 3.05) is 0 Å². The number of nitrogens with zero attached hydrogens (tertiary/aromatic N) is 3. The third-order valence-corrected chi connectivity index (χ3v) is 2.82. The molecular weight excluding hydrogens is 283 g/mol. The average molecular weight is 291 g/mol. The third-order valence-electron chi connectivity index (χ3n) is 2.82. The highest BCUT2D eigenvalue weighted by Crippen LogP contribution is 2.30. The molecule has 0 aliphatic rings. The first-order valence-corrected chi connectivity index (χ1v) is 5.76. The summed E-state index contributed by atoms with van der Waals surface area (Å²) in [5.74, 6) is -1.25. The van der Waals surface area contributed by atoms with Gasteiger partial charge in [0.15, 0.2) is 6.29 Å². The van der Waals surface area contributed by atoms with Crippen LogP contribution in [0.1, 0.15) is 27.3 Å². The van der Waals surface area contributed by atoms with Crippen LogP contribution < -0.4 is 0 Å². The molecule has 0 aliphatic heterocycles. The molecule has 0 unspecified atom stereocenters. The number of benzene rings is 1. The van der Waals surface area contributed by atoms with Gasteiger partial charge in [-0.15, -0.1) is 0 Å². The van der Waals surface area contributed by atoms with Gasteiger partial charge in [0.25, 0.3) is 0 Å². The largest absolute Gasteiger partial charge is 0.451 e. The standard InChI is InChI=1S/C14H8F3N3O/c1-8-2-9(4-18)3-10(7-21)12(8)11-5-19-13(20-6-11)14(15,16)17/h2-3,5-7H,1H3. The van der Waals surface area contributed by atoms with Crippen LogP contribution >= 0.6 is 0 Å². The molecule has 0 saturated carbocycles. The maximum absolute atomic E-state index is 12.4. The van der Waals surface area contributed by atoms with Gasteiger partial charge in [-0.25, -0.2) is 9.97 Å². The zero-order valence-electron chi connectivity index (χ0n) is 10.8. The first kappa shape index (κ1) is 14.7. The second-order valence-corrected chi connectivity index (χ2v) is 4.28. The van der Waals surface area contributed by atoms with Gasteiger partial charge in [0.05, 0.1) is 11.6 Å². The van der Waals surface area contributed by atoms with E-state index < -0.39 is 12.0 Å². The number of hydrogen-bond acceptors (Lipinski definition) is 4. The lowest BCUT2D eigenvalue weighted by Crippen LogP contribution is -2.10. The molecule has 0 fully saturated rings. The Hall–Kier alpha value is -2.75. The van der Waals surface area contributed by atoms with E-state index in [4.69, 9.17) is 5.26 Å². The zero-order chi connectivity index (χ0) is 15.6. The lowest BCUT2D eigenvalue weighted by molar-refractivity contribution is -0.144. The van der Waals surface area contributed by atoms with Gasteiger partial charge in [-0.1, -0.05) is 0 Å². The fourth-order valence-corrected chi connectivity index (χ4v) is 1.97. The molecule has 0 radical (unpaired) electrons. The number of aldehydes is 1. The minimum Gasteiger partial charge on any atom is -0.298 e. The number of rotatable bonds is 2. The fraction of sp³-hybridized carbons (Fsp3) is 0.143. The third kappa shape index (κ3) is 2.89. The van der Waals surface area contributed by atoms with E-state index in [1.807, 2.05) is 6.07 Å². The van der Waals surface area contributed by atoms with Crippen molar-refractivity contribution in [3.8, 4) is 17.2 Å². The monoisotopic (exact) mass is 291 g/mol.